The predicted octanol–water partition coefficient (Wildman–Crippen LogP) is -0.0662. The van der Waals surface area contributed by atoms with Gasteiger partial charge in [0.15, 0.2) is 0 Å². The van der Waals surface area contributed by atoms with E-state index in [1.807, 2.05) is 0 Å². The van der Waals surface area contributed by atoms with Gasteiger partial charge >= 0.3 is 0 Å². The Morgan fingerprint density at radius 2 is 1.88 bits per heavy atom. The molecular weight excluding hydrogens is 218 g/mol. The van der Waals surface area contributed by atoms with Crippen LogP contribution in [0.25, 0.3) is 0 Å². The van der Waals surface area contributed by atoms with Crippen molar-refractivity contribution in [1.82, 2.24) is 16.0 Å². The molecule has 0 aromatic rings. The fraction of sp³-hybridized carbons (Fsp3) is 0.667. The lowest BCUT2D eigenvalue weighted by atomic mass is 10.2. The summed E-state index contributed by atoms with van der Waals surface area (Å²) in [4.78, 5) is 23.2. The summed E-state index contributed by atoms with van der Waals surface area (Å²) in [6.45, 7) is 7.45. The van der Waals surface area contributed by atoms with Crippen molar-refractivity contribution in [3.8, 4) is 0 Å². The van der Waals surface area contributed by atoms with Crippen molar-refractivity contribution in [2.45, 2.75) is 44.8 Å². The van der Waals surface area contributed by atoms with E-state index in [0.29, 0.717) is 12.6 Å². The van der Waals surface area contributed by atoms with E-state index in [1.165, 1.54) is 0 Å². The Morgan fingerprint density at radius 3 is 2.41 bits per heavy atom. The van der Waals surface area contributed by atoms with Crippen LogP contribution in [0.3, 0.4) is 0 Å². The van der Waals surface area contributed by atoms with Gasteiger partial charge in [-0.05, 0) is 26.7 Å². The molecule has 1 saturated carbocycles. The molecule has 1 aliphatic rings. The Morgan fingerprint density at radius 1 is 1.29 bits per heavy atom. The third kappa shape index (κ3) is 4.99. The van der Waals surface area contributed by atoms with Crippen LogP contribution in [0.5, 0.6) is 0 Å². The largest absolute Gasteiger partial charge is 0.352 e. The van der Waals surface area contributed by atoms with Gasteiger partial charge in [0.2, 0.25) is 11.8 Å². The minimum atomic E-state index is -0.394. The molecule has 0 aromatic heterocycles. The molecule has 0 radical (unpaired) electrons. The highest BCUT2D eigenvalue weighted by Gasteiger charge is 2.26. The van der Waals surface area contributed by atoms with E-state index in [4.69, 9.17) is 0 Å². The molecule has 1 rings (SSSR count). The van der Waals surface area contributed by atoms with Crippen molar-refractivity contribution in [3.63, 3.8) is 0 Å². The Bertz CT molecular complexity index is 300. The molecule has 1 fully saturated rings. The zero-order valence-corrected chi connectivity index (χ0v) is 10.5. The topological polar surface area (TPSA) is 70.2 Å². The summed E-state index contributed by atoms with van der Waals surface area (Å²) in [6, 6.07) is -0.411. The third-order valence-electron chi connectivity index (χ3n) is 2.63. The van der Waals surface area contributed by atoms with Crippen LogP contribution in [0.4, 0.5) is 0 Å². The smallest absolute Gasteiger partial charge is 0.237 e. The molecule has 0 spiro atoms. The van der Waals surface area contributed by atoms with Crippen molar-refractivity contribution in [1.29, 1.82) is 0 Å². The molecule has 2 unspecified atom stereocenters. The van der Waals surface area contributed by atoms with Crippen LogP contribution in [0, 0.1) is 0 Å². The van der Waals surface area contributed by atoms with E-state index in [-0.39, 0.29) is 17.9 Å². The van der Waals surface area contributed by atoms with E-state index in [1.54, 1.807) is 19.9 Å². The van der Waals surface area contributed by atoms with Crippen molar-refractivity contribution in [3.05, 3.63) is 12.7 Å². The van der Waals surface area contributed by atoms with Gasteiger partial charge in [0.25, 0.3) is 0 Å². The van der Waals surface area contributed by atoms with Crippen LogP contribution in [0.1, 0.15) is 26.7 Å². The fourth-order valence-corrected chi connectivity index (χ4v) is 1.41. The first-order valence-corrected chi connectivity index (χ1v) is 5.99. The quantitative estimate of drug-likeness (QED) is 0.545. The minimum Gasteiger partial charge on any atom is -0.352 e. The van der Waals surface area contributed by atoms with Crippen LogP contribution in [0.2, 0.25) is 0 Å². The summed E-state index contributed by atoms with van der Waals surface area (Å²) in [5, 5.41) is 8.53. The average Bonchev–Trinajstić information content (AvgIpc) is 3.09. The maximum Gasteiger partial charge on any atom is 0.237 e. The maximum absolute atomic E-state index is 11.6. The number of carbonyl (C=O) groups is 2. The number of nitrogens with one attached hydrogen (secondary N) is 3. The molecule has 0 heterocycles. The second kappa shape index (κ2) is 6.39. The molecule has 5 nitrogen and oxygen atoms in total. The number of amides is 2. The number of hydrogen-bond donors (Lipinski definition) is 3. The van der Waals surface area contributed by atoms with E-state index in [2.05, 4.69) is 22.5 Å². The molecule has 0 saturated heterocycles. The Balaban J connectivity index is 2.27. The molecule has 0 aliphatic heterocycles. The molecule has 5 heteroatoms. The summed E-state index contributed by atoms with van der Waals surface area (Å²) in [5.74, 6) is -0.174. The summed E-state index contributed by atoms with van der Waals surface area (Å²) >= 11 is 0. The van der Waals surface area contributed by atoms with Gasteiger partial charge < -0.3 is 10.6 Å². The molecule has 96 valence electrons. The summed E-state index contributed by atoms with van der Waals surface area (Å²) < 4.78 is 0. The van der Waals surface area contributed by atoms with Crippen molar-refractivity contribution in [2.75, 3.05) is 6.54 Å². The van der Waals surface area contributed by atoms with Gasteiger partial charge in [-0.1, -0.05) is 6.08 Å². The Labute approximate surface area is 102 Å². The minimum absolute atomic E-state index is 0.0455. The average molecular weight is 239 g/mol. The molecule has 1 aliphatic carbocycles. The van der Waals surface area contributed by atoms with Crippen LogP contribution in [-0.2, 0) is 9.59 Å². The molecule has 17 heavy (non-hydrogen) atoms. The lowest BCUT2D eigenvalue weighted by Gasteiger charge is -2.18. The maximum atomic E-state index is 11.6. The number of rotatable bonds is 7. The highest BCUT2D eigenvalue weighted by atomic mass is 16.2. The van der Waals surface area contributed by atoms with Crippen molar-refractivity contribution >= 4 is 11.8 Å². The van der Waals surface area contributed by atoms with E-state index >= 15 is 0 Å². The molecule has 2 atom stereocenters. The van der Waals surface area contributed by atoms with Gasteiger partial charge in [0.05, 0.1) is 12.1 Å². The lowest BCUT2D eigenvalue weighted by molar-refractivity contribution is -0.125. The normalized spacial score (nSPS) is 18.0. The SMILES string of the molecule is C=CCNC(=O)C(C)NC(C)C(=O)NC1CC1. The molecule has 2 amide bonds. The predicted molar refractivity (Wildman–Crippen MR) is 66.4 cm³/mol. The zero-order valence-electron chi connectivity index (χ0n) is 10.5. The van der Waals surface area contributed by atoms with Crippen molar-refractivity contribution < 1.29 is 9.59 Å². The highest BCUT2D eigenvalue weighted by molar-refractivity contribution is 5.85. The van der Waals surface area contributed by atoms with Gasteiger partial charge in [-0.3, -0.25) is 14.9 Å². The van der Waals surface area contributed by atoms with Gasteiger partial charge in [0.1, 0.15) is 0 Å². The first-order chi connectivity index (χ1) is 8.04. The summed E-state index contributed by atoms with van der Waals surface area (Å²) in [6.07, 6.45) is 3.75. The van der Waals surface area contributed by atoms with Crippen molar-refractivity contribution in [2.24, 2.45) is 0 Å². The number of carbonyl (C=O) groups excluding carboxylic acids is 2. The Hall–Kier alpha value is -1.36. The van der Waals surface area contributed by atoms with Gasteiger partial charge in [-0.15, -0.1) is 6.58 Å². The molecular formula is C12H21N3O2. The van der Waals surface area contributed by atoms with Gasteiger partial charge in [0, 0.05) is 12.6 Å². The van der Waals surface area contributed by atoms with Crippen LogP contribution >= 0.6 is 0 Å². The Kier molecular flexibility index (Phi) is 5.15. The molecule has 0 aromatic carbocycles. The summed E-state index contributed by atoms with van der Waals surface area (Å²) in [7, 11) is 0. The first-order valence-electron chi connectivity index (χ1n) is 5.99. The van der Waals surface area contributed by atoms with E-state index in [9.17, 15) is 9.59 Å². The zero-order chi connectivity index (χ0) is 12.8. The third-order valence-corrected chi connectivity index (χ3v) is 2.63. The summed E-state index contributed by atoms with van der Waals surface area (Å²) in [5.41, 5.74) is 0. The fourth-order valence-electron chi connectivity index (χ4n) is 1.41. The molecule has 0 bridgehead atoms. The highest BCUT2D eigenvalue weighted by Crippen LogP contribution is 2.18. The van der Waals surface area contributed by atoms with Crippen LogP contribution in [0.15, 0.2) is 12.7 Å². The standard InChI is InChI=1S/C12H21N3O2/c1-4-7-13-11(16)8(2)14-9(3)12(17)15-10-5-6-10/h4,8-10,14H,1,5-7H2,2-3H3,(H,13,16)(H,15,17). The molecule has 3 N–H and O–H groups in total. The second-order valence-electron chi connectivity index (χ2n) is 4.43. The van der Waals surface area contributed by atoms with Crippen LogP contribution in [-0.4, -0.2) is 36.5 Å². The lowest BCUT2D eigenvalue weighted by Crippen LogP contribution is -2.51. The van der Waals surface area contributed by atoms with Gasteiger partial charge in [-0.2, -0.15) is 0 Å². The van der Waals surface area contributed by atoms with E-state index in [0.717, 1.165) is 12.8 Å². The van der Waals surface area contributed by atoms with Gasteiger partial charge in [-0.25, -0.2) is 0 Å². The first kappa shape index (κ1) is 13.7. The van der Waals surface area contributed by atoms with E-state index < -0.39 is 6.04 Å². The second-order valence-corrected chi connectivity index (χ2v) is 4.43. The monoisotopic (exact) mass is 239 g/mol. The number of hydrogen-bond acceptors (Lipinski definition) is 3. The van der Waals surface area contributed by atoms with Crippen LogP contribution < -0.4 is 16.0 Å².